The first-order chi connectivity index (χ1) is 11.0. The highest BCUT2D eigenvalue weighted by Gasteiger charge is 2.52. The van der Waals surface area contributed by atoms with Gasteiger partial charge in [-0.2, -0.15) is 0 Å². The molecule has 4 aliphatic carbocycles. The van der Waals surface area contributed by atoms with E-state index in [1.54, 1.807) is 44.1 Å². The Balaban J connectivity index is 1.50. The Morgan fingerprint density at radius 3 is 2.17 bits per heavy atom. The molecule has 0 N–H and O–H groups in total. The molecule has 0 bridgehead atoms. The maximum Gasteiger partial charge on any atom is -0.0175 e. The molecule has 0 heterocycles. The molecule has 4 fully saturated rings. The van der Waals surface area contributed by atoms with Crippen LogP contribution in [-0.2, 0) is 0 Å². The maximum absolute atomic E-state index is 2.52. The van der Waals surface area contributed by atoms with E-state index in [4.69, 9.17) is 0 Å². The zero-order valence-electron chi connectivity index (χ0n) is 16.0. The summed E-state index contributed by atoms with van der Waals surface area (Å²) in [6, 6.07) is 0. The molecule has 0 heteroatoms. The molecule has 0 radical (unpaired) electrons. The van der Waals surface area contributed by atoms with Crippen LogP contribution < -0.4 is 0 Å². The zero-order valence-corrected chi connectivity index (χ0v) is 16.0. The lowest BCUT2D eigenvalue weighted by molar-refractivity contribution is -0.0448. The molecule has 7 atom stereocenters. The molecule has 4 rings (SSSR count). The topological polar surface area (TPSA) is 0 Å². The molecule has 0 aliphatic heterocycles. The smallest absolute Gasteiger partial charge is 0.0175 e. The van der Waals surface area contributed by atoms with E-state index in [2.05, 4.69) is 33.8 Å². The van der Waals surface area contributed by atoms with Crippen LogP contribution in [0.5, 0.6) is 0 Å². The fraction of sp³-hybridized carbons (Fsp3) is 0.913. The second-order valence-corrected chi connectivity index (χ2v) is 10.4. The third kappa shape index (κ3) is 2.73. The van der Waals surface area contributed by atoms with Crippen molar-refractivity contribution in [2.45, 2.75) is 85.5 Å². The lowest BCUT2D eigenvalue weighted by Crippen LogP contribution is -2.46. The largest absolute Gasteiger partial charge is 0.0884 e. The van der Waals surface area contributed by atoms with Crippen LogP contribution in [0.2, 0.25) is 0 Å². The third-order valence-corrected chi connectivity index (χ3v) is 8.85. The Morgan fingerprint density at radius 1 is 0.783 bits per heavy atom. The van der Waals surface area contributed by atoms with Crippen LogP contribution in [0.1, 0.15) is 85.5 Å². The number of hydrogen-bond donors (Lipinski definition) is 0. The van der Waals surface area contributed by atoms with Crippen molar-refractivity contribution in [2.24, 2.45) is 46.8 Å². The van der Waals surface area contributed by atoms with Crippen molar-refractivity contribution in [2.75, 3.05) is 0 Å². The summed E-state index contributed by atoms with van der Waals surface area (Å²) in [4.78, 5) is 0. The highest BCUT2D eigenvalue weighted by Crippen LogP contribution is 2.61. The second kappa shape index (κ2) is 5.92. The normalized spacial score (nSPS) is 49.2. The molecule has 0 aromatic carbocycles. The minimum absolute atomic E-state index is 0.632. The van der Waals surface area contributed by atoms with Crippen LogP contribution in [0, 0.1) is 46.8 Å². The molecule has 0 amide bonds. The first-order valence-electron chi connectivity index (χ1n) is 10.6. The zero-order chi connectivity index (χ0) is 16.2. The summed E-state index contributed by atoms with van der Waals surface area (Å²) in [5.74, 6) is 7.46. The van der Waals surface area contributed by atoms with Crippen molar-refractivity contribution < 1.29 is 0 Å². The standard InChI is InChI=1S/C23H38/c1-5-15(2)17-8-9-22-19(17)10-11-20-18-12-13-23(3,4)14-16(18)6-7-21(20)22/h5,16-22H,6-14H2,1-4H3/b15-5+/t16-,17+,18?,19+,20+,21+,22+/m0/s1. The predicted molar refractivity (Wildman–Crippen MR) is 99.2 cm³/mol. The van der Waals surface area contributed by atoms with E-state index in [1.807, 2.05) is 0 Å². The Kier molecular flexibility index (Phi) is 4.18. The Bertz CT molecular complexity index is 470. The maximum atomic E-state index is 2.52. The van der Waals surface area contributed by atoms with Gasteiger partial charge in [-0.05, 0) is 118 Å². The van der Waals surface area contributed by atoms with E-state index in [1.165, 1.54) is 19.3 Å². The van der Waals surface area contributed by atoms with E-state index >= 15 is 0 Å². The molecular weight excluding hydrogens is 276 g/mol. The Morgan fingerprint density at radius 2 is 1.39 bits per heavy atom. The first kappa shape index (κ1) is 16.2. The molecule has 4 saturated carbocycles. The van der Waals surface area contributed by atoms with Gasteiger partial charge in [0.1, 0.15) is 0 Å². The van der Waals surface area contributed by atoms with Crippen molar-refractivity contribution in [3.63, 3.8) is 0 Å². The summed E-state index contributed by atoms with van der Waals surface area (Å²) in [6.45, 7) is 9.70. The quantitative estimate of drug-likeness (QED) is 0.464. The van der Waals surface area contributed by atoms with Gasteiger partial charge in [0, 0.05) is 0 Å². The number of allylic oxidation sites excluding steroid dienone is 2. The summed E-state index contributed by atoms with van der Waals surface area (Å²) < 4.78 is 0. The number of rotatable bonds is 1. The van der Waals surface area contributed by atoms with E-state index in [-0.39, 0.29) is 0 Å². The molecular formula is C23H38. The van der Waals surface area contributed by atoms with Gasteiger partial charge in [0.2, 0.25) is 0 Å². The van der Waals surface area contributed by atoms with Crippen molar-refractivity contribution in [3.8, 4) is 0 Å². The molecule has 23 heavy (non-hydrogen) atoms. The lowest BCUT2D eigenvalue weighted by atomic mass is 9.51. The SMILES string of the molecule is C/C=C(\C)[C@H]1CC[C@@H]2[C@@H]1CC[C@@H]1C3CCC(C)(C)C[C@@H]3CC[C@@H]21. The van der Waals surface area contributed by atoms with Crippen LogP contribution in [-0.4, -0.2) is 0 Å². The average molecular weight is 315 g/mol. The van der Waals surface area contributed by atoms with Crippen LogP contribution in [0.15, 0.2) is 11.6 Å². The molecule has 0 nitrogen and oxygen atoms in total. The summed E-state index contributed by atoms with van der Waals surface area (Å²) >= 11 is 0. The minimum atomic E-state index is 0.632. The highest BCUT2D eigenvalue weighted by atomic mass is 14.6. The monoisotopic (exact) mass is 314 g/mol. The molecule has 4 aliphatic rings. The molecule has 0 spiro atoms. The predicted octanol–water partition coefficient (Wildman–Crippen LogP) is 6.86. The van der Waals surface area contributed by atoms with Gasteiger partial charge >= 0.3 is 0 Å². The Hall–Kier alpha value is -0.260. The minimum Gasteiger partial charge on any atom is -0.0884 e. The van der Waals surface area contributed by atoms with Crippen molar-refractivity contribution >= 4 is 0 Å². The molecule has 1 unspecified atom stereocenters. The van der Waals surface area contributed by atoms with Crippen LogP contribution in [0.3, 0.4) is 0 Å². The van der Waals surface area contributed by atoms with Gasteiger partial charge in [-0.15, -0.1) is 0 Å². The van der Waals surface area contributed by atoms with Crippen molar-refractivity contribution in [1.29, 1.82) is 0 Å². The van der Waals surface area contributed by atoms with Crippen molar-refractivity contribution in [1.82, 2.24) is 0 Å². The second-order valence-electron chi connectivity index (χ2n) is 10.4. The summed E-state index contributed by atoms with van der Waals surface area (Å²) in [6.07, 6.45) is 16.3. The first-order valence-corrected chi connectivity index (χ1v) is 10.6. The molecule has 0 saturated heterocycles. The van der Waals surface area contributed by atoms with E-state index in [9.17, 15) is 0 Å². The van der Waals surface area contributed by atoms with Gasteiger partial charge in [-0.1, -0.05) is 25.5 Å². The van der Waals surface area contributed by atoms with Gasteiger partial charge < -0.3 is 0 Å². The summed E-state index contributed by atoms with van der Waals surface area (Å²) in [5.41, 5.74) is 2.33. The van der Waals surface area contributed by atoms with E-state index in [0.717, 1.165) is 41.4 Å². The van der Waals surface area contributed by atoms with Crippen LogP contribution >= 0.6 is 0 Å². The van der Waals surface area contributed by atoms with Crippen LogP contribution in [0.4, 0.5) is 0 Å². The fourth-order valence-electron chi connectivity index (χ4n) is 7.74. The average Bonchev–Trinajstić information content (AvgIpc) is 2.96. The number of fused-ring (bicyclic) bond motifs is 5. The van der Waals surface area contributed by atoms with Crippen molar-refractivity contribution in [3.05, 3.63) is 11.6 Å². The van der Waals surface area contributed by atoms with Crippen LogP contribution in [0.25, 0.3) is 0 Å². The van der Waals surface area contributed by atoms with Gasteiger partial charge in [0.05, 0.1) is 0 Å². The van der Waals surface area contributed by atoms with Gasteiger partial charge in [-0.3, -0.25) is 0 Å². The highest BCUT2D eigenvalue weighted by molar-refractivity contribution is 5.11. The Labute approximate surface area is 144 Å². The van der Waals surface area contributed by atoms with Gasteiger partial charge in [0.25, 0.3) is 0 Å². The summed E-state index contributed by atoms with van der Waals surface area (Å²) in [7, 11) is 0. The number of hydrogen-bond acceptors (Lipinski definition) is 0. The molecule has 0 aromatic rings. The molecule has 0 aromatic heterocycles. The van der Waals surface area contributed by atoms with Gasteiger partial charge in [-0.25, -0.2) is 0 Å². The van der Waals surface area contributed by atoms with Gasteiger partial charge in [0.15, 0.2) is 0 Å². The third-order valence-electron chi connectivity index (χ3n) is 8.85. The molecule has 130 valence electrons. The lowest BCUT2D eigenvalue weighted by Gasteiger charge is -2.54. The fourth-order valence-corrected chi connectivity index (χ4v) is 7.74. The van der Waals surface area contributed by atoms with E-state index < -0.39 is 0 Å². The van der Waals surface area contributed by atoms with E-state index in [0.29, 0.717) is 5.41 Å². The summed E-state index contributed by atoms with van der Waals surface area (Å²) in [5, 5.41) is 0.